The maximum absolute atomic E-state index is 9.25. The van der Waals surface area contributed by atoms with E-state index in [0.29, 0.717) is 12.6 Å². The molecule has 1 aromatic carbocycles. The molecule has 1 aliphatic rings. The van der Waals surface area contributed by atoms with Crippen molar-refractivity contribution in [2.24, 2.45) is 0 Å². The highest BCUT2D eigenvalue weighted by Gasteiger charge is 2.24. The quantitative estimate of drug-likeness (QED) is 0.845. The number of hydrogen-bond donors (Lipinski definition) is 2. The second kappa shape index (κ2) is 5.83. The summed E-state index contributed by atoms with van der Waals surface area (Å²) in [6, 6.07) is 6.32. The van der Waals surface area contributed by atoms with E-state index in [1.807, 2.05) is 12.1 Å². The van der Waals surface area contributed by atoms with Gasteiger partial charge in [0.2, 0.25) is 0 Å². The van der Waals surface area contributed by atoms with Crippen LogP contribution in [0.25, 0.3) is 0 Å². The van der Waals surface area contributed by atoms with Gasteiger partial charge < -0.3 is 15.2 Å². The molecule has 0 bridgehead atoms. The van der Waals surface area contributed by atoms with Crippen LogP contribution in [0.2, 0.25) is 5.02 Å². The monoisotopic (exact) mass is 255 g/mol. The lowest BCUT2D eigenvalue weighted by atomic mass is 10.1. The van der Waals surface area contributed by atoms with Gasteiger partial charge in [-0.15, -0.1) is 0 Å². The Labute approximate surface area is 107 Å². The molecule has 0 radical (unpaired) electrons. The topological polar surface area (TPSA) is 41.5 Å². The van der Waals surface area contributed by atoms with Crippen molar-refractivity contribution in [3.63, 3.8) is 0 Å². The number of aliphatic hydroxyl groups is 1. The lowest BCUT2D eigenvalue weighted by molar-refractivity contribution is 0.122. The predicted molar refractivity (Wildman–Crippen MR) is 68.4 cm³/mol. The molecule has 3 nitrogen and oxygen atoms in total. The molecule has 0 amide bonds. The molecule has 4 heteroatoms. The Bertz CT molecular complexity index is 384. The third kappa shape index (κ3) is 2.99. The van der Waals surface area contributed by atoms with Crippen molar-refractivity contribution in [2.45, 2.75) is 24.9 Å². The summed E-state index contributed by atoms with van der Waals surface area (Å²) < 4.78 is 5.07. The van der Waals surface area contributed by atoms with Crippen LogP contribution in [0.3, 0.4) is 0 Å². The summed E-state index contributed by atoms with van der Waals surface area (Å²) in [5.41, 5.74) is 2.60. The van der Waals surface area contributed by atoms with E-state index in [9.17, 15) is 5.11 Å². The summed E-state index contributed by atoms with van der Waals surface area (Å²) >= 11 is 5.97. The van der Waals surface area contributed by atoms with Gasteiger partial charge in [0.05, 0.1) is 19.3 Å². The highest BCUT2D eigenvalue weighted by atomic mass is 35.5. The van der Waals surface area contributed by atoms with Gasteiger partial charge in [0.25, 0.3) is 0 Å². The molecule has 0 fully saturated rings. The first-order valence-corrected chi connectivity index (χ1v) is 6.26. The molecule has 1 aromatic rings. The van der Waals surface area contributed by atoms with Crippen molar-refractivity contribution in [2.75, 3.05) is 20.3 Å². The number of methoxy groups -OCH3 is 1. The fraction of sp³-hybridized carbons (Fsp3) is 0.538. The molecular formula is C13H18ClNO2. The molecule has 1 aliphatic carbocycles. The lowest BCUT2D eigenvalue weighted by Crippen LogP contribution is -2.38. The van der Waals surface area contributed by atoms with E-state index in [2.05, 4.69) is 11.4 Å². The third-order valence-corrected chi connectivity index (χ3v) is 3.44. The van der Waals surface area contributed by atoms with Crippen LogP contribution in [-0.2, 0) is 11.2 Å². The first kappa shape index (κ1) is 12.8. The molecule has 2 atom stereocenters. The number of nitrogens with one attached hydrogen (secondary N) is 1. The normalized spacial score (nSPS) is 20.3. The van der Waals surface area contributed by atoms with Crippen LogP contribution < -0.4 is 5.32 Å². The average molecular weight is 256 g/mol. The van der Waals surface area contributed by atoms with Gasteiger partial charge in [0.1, 0.15) is 0 Å². The van der Waals surface area contributed by atoms with E-state index in [4.69, 9.17) is 16.3 Å². The summed E-state index contributed by atoms with van der Waals surface area (Å²) in [4.78, 5) is 0. The number of benzene rings is 1. The fourth-order valence-corrected chi connectivity index (χ4v) is 2.59. The zero-order chi connectivity index (χ0) is 12.3. The Morgan fingerprint density at radius 2 is 2.41 bits per heavy atom. The molecule has 0 saturated heterocycles. The Morgan fingerprint density at radius 3 is 3.12 bits per heavy atom. The summed E-state index contributed by atoms with van der Waals surface area (Å²) in [7, 11) is 1.65. The van der Waals surface area contributed by atoms with Gasteiger partial charge in [-0.05, 0) is 36.1 Å². The maximum Gasteiger partial charge on any atom is 0.0638 e. The van der Waals surface area contributed by atoms with Gasteiger partial charge in [-0.25, -0.2) is 0 Å². The zero-order valence-electron chi connectivity index (χ0n) is 9.95. The SMILES string of the molecule is COCC(CO)NC1CCc2cc(Cl)ccc21. The predicted octanol–water partition coefficient (Wildman–Crippen LogP) is 1.92. The maximum atomic E-state index is 9.25. The lowest BCUT2D eigenvalue weighted by Gasteiger charge is -2.21. The van der Waals surface area contributed by atoms with Crippen LogP contribution >= 0.6 is 11.6 Å². The number of aliphatic hydroxyl groups excluding tert-OH is 1. The highest BCUT2D eigenvalue weighted by molar-refractivity contribution is 6.30. The van der Waals surface area contributed by atoms with Gasteiger partial charge >= 0.3 is 0 Å². The van der Waals surface area contributed by atoms with Crippen molar-refractivity contribution in [3.05, 3.63) is 34.3 Å². The number of ether oxygens (including phenoxy) is 1. The van der Waals surface area contributed by atoms with Crippen LogP contribution in [0.15, 0.2) is 18.2 Å². The number of hydrogen-bond acceptors (Lipinski definition) is 3. The molecular weight excluding hydrogens is 238 g/mol. The average Bonchev–Trinajstić information content (AvgIpc) is 2.71. The smallest absolute Gasteiger partial charge is 0.0638 e. The van der Waals surface area contributed by atoms with Gasteiger partial charge in [-0.3, -0.25) is 0 Å². The minimum Gasteiger partial charge on any atom is -0.395 e. The van der Waals surface area contributed by atoms with Crippen molar-refractivity contribution < 1.29 is 9.84 Å². The molecule has 2 N–H and O–H groups in total. The molecule has 0 heterocycles. The number of halogens is 1. The van der Waals surface area contributed by atoms with E-state index in [1.165, 1.54) is 11.1 Å². The van der Waals surface area contributed by atoms with Crippen LogP contribution in [0, 0.1) is 0 Å². The molecule has 0 aliphatic heterocycles. The third-order valence-electron chi connectivity index (χ3n) is 3.21. The Kier molecular flexibility index (Phi) is 4.40. The first-order valence-electron chi connectivity index (χ1n) is 5.88. The molecule has 17 heavy (non-hydrogen) atoms. The van der Waals surface area contributed by atoms with Crippen LogP contribution in [0.4, 0.5) is 0 Å². The van der Waals surface area contributed by atoms with Gasteiger partial charge in [0.15, 0.2) is 0 Å². The van der Waals surface area contributed by atoms with E-state index in [0.717, 1.165) is 17.9 Å². The number of rotatable bonds is 5. The molecule has 94 valence electrons. The molecule has 0 aromatic heterocycles. The largest absolute Gasteiger partial charge is 0.395 e. The van der Waals surface area contributed by atoms with E-state index in [1.54, 1.807) is 7.11 Å². The summed E-state index contributed by atoms with van der Waals surface area (Å²) in [6.45, 7) is 0.614. The number of fused-ring (bicyclic) bond motifs is 1. The fourth-order valence-electron chi connectivity index (χ4n) is 2.40. The van der Waals surface area contributed by atoms with Crippen LogP contribution in [-0.4, -0.2) is 31.5 Å². The van der Waals surface area contributed by atoms with Crippen molar-refractivity contribution >= 4 is 11.6 Å². The van der Waals surface area contributed by atoms with Crippen LogP contribution in [0.1, 0.15) is 23.6 Å². The summed E-state index contributed by atoms with van der Waals surface area (Å²) in [6.07, 6.45) is 2.09. The highest BCUT2D eigenvalue weighted by Crippen LogP contribution is 2.33. The van der Waals surface area contributed by atoms with E-state index >= 15 is 0 Å². The minimum atomic E-state index is -0.00775. The molecule has 2 unspecified atom stereocenters. The Hall–Kier alpha value is -0.610. The first-order chi connectivity index (χ1) is 8.24. The molecule has 0 spiro atoms. The van der Waals surface area contributed by atoms with Crippen molar-refractivity contribution in [1.29, 1.82) is 0 Å². The second-order valence-electron chi connectivity index (χ2n) is 4.44. The van der Waals surface area contributed by atoms with E-state index < -0.39 is 0 Å². The Morgan fingerprint density at radius 1 is 1.59 bits per heavy atom. The minimum absolute atomic E-state index is 0.00775. The summed E-state index contributed by atoms with van der Waals surface area (Å²) in [5, 5.41) is 13.5. The van der Waals surface area contributed by atoms with Crippen molar-refractivity contribution in [3.8, 4) is 0 Å². The molecule has 0 saturated carbocycles. The number of aryl methyl sites for hydroxylation is 1. The Balaban J connectivity index is 2.06. The zero-order valence-corrected chi connectivity index (χ0v) is 10.7. The summed E-state index contributed by atoms with van der Waals surface area (Å²) in [5.74, 6) is 0. The van der Waals surface area contributed by atoms with Crippen LogP contribution in [0.5, 0.6) is 0 Å². The van der Waals surface area contributed by atoms with E-state index in [-0.39, 0.29) is 12.6 Å². The van der Waals surface area contributed by atoms with Gasteiger partial charge in [-0.2, -0.15) is 0 Å². The van der Waals surface area contributed by atoms with Crippen molar-refractivity contribution in [1.82, 2.24) is 5.32 Å². The van der Waals surface area contributed by atoms with Gasteiger partial charge in [-0.1, -0.05) is 17.7 Å². The molecule has 2 rings (SSSR count). The second-order valence-corrected chi connectivity index (χ2v) is 4.87. The van der Waals surface area contributed by atoms with Gasteiger partial charge in [0, 0.05) is 18.2 Å². The standard InChI is InChI=1S/C13H18ClNO2/c1-17-8-11(7-16)15-13-5-2-9-6-10(14)3-4-12(9)13/h3-4,6,11,13,15-16H,2,5,7-8H2,1H3.